The third-order valence-corrected chi connectivity index (χ3v) is 7.33. The molecule has 116 valence electrons. The second-order valence-electron chi connectivity index (χ2n) is 5.43. The van der Waals surface area contributed by atoms with Crippen LogP contribution in [0.4, 0.5) is 0 Å². The zero-order valence-electron chi connectivity index (χ0n) is 12.8. The Morgan fingerprint density at radius 2 is 1.80 bits per heavy atom. The lowest BCUT2D eigenvalue weighted by atomic mass is 10.3. The smallest absolute Gasteiger partial charge is 0.331 e. The van der Waals surface area contributed by atoms with Crippen molar-refractivity contribution in [3.8, 4) is 0 Å². The summed E-state index contributed by atoms with van der Waals surface area (Å²) < 4.78 is 18.4. The lowest BCUT2D eigenvalue weighted by Crippen LogP contribution is -2.36. The zero-order chi connectivity index (χ0) is 16.0. The van der Waals surface area contributed by atoms with Crippen molar-refractivity contribution in [3.05, 3.63) is 12.2 Å². The van der Waals surface area contributed by atoms with Crippen LogP contribution in [0.2, 0.25) is 0 Å². The number of nitrogens with zero attached hydrogens (tertiary/aromatic N) is 1. The molecule has 0 aromatic heterocycles. The van der Waals surface area contributed by atoms with Gasteiger partial charge in [0.15, 0.2) is 0 Å². The third kappa shape index (κ3) is 5.88. The number of quaternary nitrogens is 1. The molecular formula is C13H25NO5P+. The summed E-state index contributed by atoms with van der Waals surface area (Å²) in [6.45, 7) is 3.71. The van der Waals surface area contributed by atoms with Crippen LogP contribution in [-0.2, 0) is 18.9 Å². The van der Waals surface area contributed by atoms with E-state index in [2.05, 4.69) is 0 Å². The molecule has 1 N–H and O–H groups in total. The number of hydrogen-bond acceptors (Lipinski definition) is 4. The van der Waals surface area contributed by atoms with Crippen molar-refractivity contribution in [1.29, 1.82) is 0 Å². The van der Waals surface area contributed by atoms with Crippen molar-refractivity contribution >= 4 is 19.2 Å². The standard InChI is InChI=1S/C13H24NO5P/c1-6-11(19-13(17)9-8-12(15)16)10-20(18,7-2)14(3,4)5/h8-9,11H,6-7,10H2,1-5H3/p+1. The van der Waals surface area contributed by atoms with Crippen molar-refractivity contribution < 1.29 is 28.3 Å². The topological polar surface area (TPSA) is 80.7 Å². The summed E-state index contributed by atoms with van der Waals surface area (Å²) in [6.07, 6.45) is 2.49. The maximum absolute atomic E-state index is 12.9. The summed E-state index contributed by atoms with van der Waals surface area (Å²) in [5, 5.41) is 8.44. The highest BCUT2D eigenvalue weighted by Crippen LogP contribution is 2.53. The van der Waals surface area contributed by atoms with Gasteiger partial charge in [0.25, 0.3) is 7.29 Å². The second kappa shape index (κ2) is 7.60. The van der Waals surface area contributed by atoms with E-state index in [1.165, 1.54) is 0 Å². The first-order valence-corrected chi connectivity index (χ1v) is 8.60. The van der Waals surface area contributed by atoms with Gasteiger partial charge in [-0.1, -0.05) is 13.8 Å². The molecule has 20 heavy (non-hydrogen) atoms. The molecule has 0 aliphatic carbocycles. The molecule has 0 spiro atoms. The van der Waals surface area contributed by atoms with Gasteiger partial charge in [-0.2, -0.15) is 0 Å². The number of esters is 1. The predicted octanol–water partition coefficient (Wildman–Crippen LogP) is 1.95. The SMILES string of the molecule is CCC(CP(=O)(CC)[N+](C)(C)C)OC(=O)C=CC(=O)O. The molecule has 0 bridgehead atoms. The van der Waals surface area contributed by atoms with Crippen molar-refractivity contribution in [3.63, 3.8) is 0 Å². The van der Waals surface area contributed by atoms with Gasteiger partial charge < -0.3 is 9.84 Å². The fraction of sp³-hybridized carbons (Fsp3) is 0.692. The molecule has 0 rings (SSSR count). The number of ether oxygens (including phenoxy) is 1. The fourth-order valence-electron chi connectivity index (χ4n) is 1.71. The highest BCUT2D eigenvalue weighted by Gasteiger charge is 2.38. The number of rotatable bonds is 8. The maximum atomic E-state index is 12.9. The van der Waals surface area contributed by atoms with Crippen molar-refractivity contribution in [1.82, 2.24) is 0 Å². The Bertz CT molecular complexity index is 425. The summed E-state index contributed by atoms with van der Waals surface area (Å²) in [6, 6.07) is 0. The molecule has 0 radical (unpaired) electrons. The zero-order valence-corrected chi connectivity index (χ0v) is 13.7. The molecule has 2 unspecified atom stereocenters. The Kier molecular flexibility index (Phi) is 7.17. The van der Waals surface area contributed by atoms with Crippen LogP contribution < -0.4 is 0 Å². The minimum Gasteiger partial charge on any atom is -0.478 e. The Labute approximate surface area is 120 Å². The van der Waals surface area contributed by atoms with Crippen LogP contribution in [0.1, 0.15) is 20.3 Å². The average Bonchev–Trinajstić information content (AvgIpc) is 2.33. The molecule has 2 atom stereocenters. The van der Waals surface area contributed by atoms with Crippen LogP contribution in [0.15, 0.2) is 12.2 Å². The molecule has 0 aliphatic rings. The molecule has 0 aliphatic heterocycles. The second-order valence-corrected chi connectivity index (χ2v) is 9.32. The first kappa shape index (κ1) is 18.9. The lowest BCUT2D eigenvalue weighted by molar-refractivity contribution is -0.746. The summed E-state index contributed by atoms with van der Waals surface area (Å²) in [5.41, 5.74) is 0. The Morgan fingerprint density at radius 3 is 2.15 bits per heavy atom. The van der Waals surface area contributed by atoms with E-state index in [1.54, 1.807) is 0 Å². The number of hydrogen-bond donors (Lipinski definition) is 1. The predicted molar refractivity (Wildman–Crippen MR) is 78.0 cm³/mol. The molecule has 0 saturated carbocycles. The van der Waals surface area contributed by atoms with Crippen LogP contribution in [0.3, 0.4) is 0 Å². The van der Waals surface area contributed by atoms with Gasteiger partial charge in [-0.05, 0) is 6.42 Å². The van der Waals surface area contributed by atoms with Gasteiger partial charge in [-0.25, -0.2) is 9.59 Å². The van der Waals surface area contributed by atoms with Gasteiger partial charge in [0.1, 0.15) is 6.10 Å². The molecule has 0 aromatic rings. The lowest BCUT2D eigenvalue weighted by Gasteiger charge is -2.35. The number of carbonyl (C=O) groups is 2. The molecule has 6 nitrogen and oxygen atoms in total. The monoisotopic (exact) mass is 306 g/mol. The summed E-state index contributed by atoms with van der Waals surface area (Å²) in [7, 11) is 3.06. The van der Waals surface area contributed by atoms with E-state index in [9.17, 15) is 14.2 Å². The van der Waals surface area contributed by atoms with E-state index >= 15 is 0 Å². The van der Waals surface area contributed by atoms with Crippen LogP contribution in [0.25, 0.3) is 0 Å². The number of carbonyl (C=O) groups excluding carboxylic acids is 1. The Balaban J connectivity index is 4.83. The molecule has 7 heteroatoms. The quantitative estimate of drug-likeness (QED) is 0.421. The summed E-state index contributed by atoms with van der Waals surface area (Å²) >= 11 is 0. The van der Waals surface area contributed by atoms with Crippen molar-refractivity contribution in [2.24, 2.45) is 0 Å². The highest BCUT2D eigenvalue weighted by molar-refractivity contribution is 7.58. The summed E-state index contributed by atoms with van der Waals surface area (Å²) in [5.74, 6) is -1.93. The highest BCUT2D eigenvalue weighted by atomic mass is 31.2. The van der Waals surface area contributed by atoms with Gasteiger partial charge in [0.2, 0.25) is 0 Å². The third-order valence-electron chi connectivity index (χ3n) is 3.18. The van der Waals surface area contributed by atoms with Crippen LogP contribution >= 0.6 is 7.29 Å². The van der Waals surface area contributed by atoms with Crippen molar-refractivity contribution in [2.45, 2.75) is 26.4 Å². The largest absolute Gasteiger partial charge is 0.478 e. The molecular weight excluding hydrogens is 281 g/mol. The van der Waals surface area contributed by atoms with Gasteiger partial charge in [-0.15, -0.1) is 0 Å². The fourth-order valence-corrected chi connectivity index (χ4v) is 4.27. The molecule has 0 amide bonds. The number of carboxylic acids is 1. The van der Waals surface area contributed by atoms with Gasteiger partial charge >= 0.3 is 11.9 Å². The van der Waals surface area contributed by atoms with E-state index in [0.717, 1.165) is 12.2 Å². The molecule has 0 aromatic carbocycles. The molecule has 0 fully saturated rings. The minimum atomic E-state index is -2.53. The molecule has 0 heterocycles. The summed E-state index contributed by atoms with van der Waals surface area (Å²) in [4.78, 5) is 21.8. The van der Waals surface area contributed by atoms with Crippen LogP contribution in [0.5, 0.6) is 0 Å². The minimum absolute atomic E-state index is 0.302. The van der Waals surface area contributed by atoms with Crippen LogP contribution in [-0.4, -0.2) is 60.9 Å². The maximum Gasteiger partial charge on any atom is 0.331 e. The van der Waals surface area contributed by atoms with E-state index in [-0.39, 0.29) is 0 Å². The van der Waals surface area contributed by atoms with E-state index < -0.39 is 25.3 Å². The molecule has 0 saturated heterocycles. The normalized spacial score (nSPS) is 16.6. The van der Waals surface area contributed by atoms with E-state index in [1.807, 2.05) is 35.0 Å². The van der Waals surface area contributed by atoms with Crippen LogP contribution in [0, 0.1) is 0 Å². The van der Waals surface area contributed by atoms with Gasteiger partial charge in [0, 0.05) is 18.3 Å². The van der Waals surface area contributed by atoms with Crippen molar-refractivity contribution in [2.75, 3.05) is 33.5 Å². The average molecular weight is 306 g/mol. The number of carboxylic acid groups (broad SMARTS) is 1. The Hall–Kier alpha value is -1.13. The van der Waals surface area contributed by atoms with Gasteiger partial charge in [-0.3, -0.25) is 8.82 Å². The Morgan fingerprint density at radius 1 is 1.25 bits per heavy atom. The van der Waals surface area contributed by atoms with E-state index in [0.29, 0.717) is 23.0 Å². The first-order chi connectivity index (χ1) is 9.05. The first-order valence-electron chi connectivity index (χ1n) is 6.57. The van der Waals surface area contributed by atoms with Gasteiger partial charge in [0.05, 0.1) is 27.3 Å². The number of aliphatic carboxylic acids is 1. The van der Waals surface area contributed by atoms with E-state index in [4.69, 9.17) is 9.84 Å².